The predicted molar refractivity (Wildman–Crippen MR) is 139 cm³/mol. The summed E-state index contributed by atoms with van der Waals surface area (Å²) in [6.07, 6.45) is 15.8. The number of hydrogen-bond acceptors (Lipinski definition) is 1. The van der Waals surface area contributed by atoms with E-state index >= 15 is 0 Å². The zero-order chi connectivity index (χ0) is 22.8. The fraction of sp³-hybridized carbons (Fsp3) is 0.613. The van der Waals surface area contributed by atoms with Crippen LogP contribution in [0.2, 0.25) is 0 Å². The van der Waals surface area contributed by atoms with Crippen LogP contribution in [0.5, 0.6) is 5.75 Å². The van der Waals surface area contributed by atoms with Crippen molar-refractivity contribution in [3.8, 4) is 5.75 Å². The molecule has 2 aromatic rings. The van der Waals surface area contributed by atoms with Crippen LogP contribution in [-0.4, -0.2) is 6.61 Å². The van der Waals surface area contributed by atoms with Gasteiger partial charge in [-0.2, -0.15) is 0 Å². The maximum absolute atomic E-state index is 5.86. The molecule has 32 heavy (non-hydrogen) atoms. The number of ether oxygens (including phenoxy) is 1. The molecule has 0 radical (unpaired) electrons. The molecular formula is C31H46O. The summed E-state index contributed by atoms with van der Waals surface area (Å²) >= 11 is 0. The highest BCUT2D eigenvalue weighted by Gasteiger charge is 2.23. The average molecular weight is 435 g/mol. The smallest absolute Gasteiger partial charge is 0.119 e. The van der Waals surface area contributed by atoms with Gasteiger partial charge in [-0.25, -0.2) is 0 Å². The van der Waals surface area contributed by atoms with E-state index in [4.69, 9.17) is 4.74 Å². The summed E-state index contributed by atoms with van der Waals surface area (Å²) in [5.41, 5.74) is 7.39. The van der Waals surface area contributed by atoms with E-state index in [0.29, 0.717) is 0 Å². The van der Waals surface area contributed by atoms with Gasteiger partial charge in [0, 0.05) is 0 Å². The Morgan fingerprint density at radius 2 is 1.56 bits per heavy atom. The van der Waals surface area contributed by atoms with E-state index in [0.717, 1.165) is 43.5 Å². The van der Waals surface area contributed by atoms with Gasteiger partial charge in [0.25, 0.3) is 0 Å². The normalized spacial score (nSPS) is 18.6. The molecule has 0 bridgehead atoms. The van der Waals surface area contributed by atoms with Gasteiger partial charge < -0.3 is 4.74 Å². The van der Waals surface area contributed by atoms with Crippen molar-refractivity contribution in [2.75, 3.05) is 6.61 Å². The van der Waals surface area contributed by atoms with Crippen molar-refractivity contribution in [2.45, 2.75) is 111 Å². The number of aryl methyl sites for hydroxylation is 4. The largest absolute Gasteiger partial charge is 0.494 e. The molecular weight excluding hydrogens is 388 g/mol. The lowest BCUT2D eigenvalue weighted by atomic mass is 9.76. The van der Waals surface area contributed by atoms with Crippen LogP contribution in [-0.2, 0) is 12.8 Å². The predicted octanol–water partition coefficient (Wildman–Crippen LogP) is 9.12. The molecule has 0 aromatic heterocycles. The van der Waals surface area contributed by atoms with Crippen LogP contribution in [0.3, 0.4) is 0 Å². The summed E-state index contributed by atoms with van der Waals surface area (Å²) in [6.45, 7) is 9.88. The summed E-state index contributed by atoms with van der Waals surface area (Å²) in [5.74, 6) is 2.79. The Labute approximate surface area is 198 Å². The van der Waals surface area contributed by atoms with Gasteiger partial charge in [0.1, 0.15) is 5.75 Å². The van der Waals surface area contributed by atoms with E-state index in [2.05, 4.69) is 64.1 Å². The Morgan fingerprint density at radius 3 is 2.25 bits per heavy atom. The van der Waals surface area contributed by atoms with E-state index in [1.54, 1.807) is 5.56 Å². The third-order valence-corrected chi connectivity index (χ3v) is 7.60. The van der Waals surface area contributed by atoms with E-state index in [1.807, 2.05) is 0 Å². The third-order valence-electron chi connectivity index (χ3n) is 7.60. The van der Waals surface area contributed by atoms with Gasteiger partial charge in [0.05, 0.1) is 6.61 Å². The third kappa shape index (κ3) is 7.39. The lowest BCUT2D eigenvalue weighted by Gasteiger charge is -2.30. The minimum absolute atomic E-state index is 0.786. The maximum Gasteiger partial charge on any atom is 0.119 e. The lowest BCUT2D eigenvalue weighted by molar-refractivity contribution is 0.302. The highest BCUT2D eigenvalue weighted by molar-refractivity contribution is 5.37. The topological polar surface area (TPSA) is 9.23 Å². The fourth-order valence-electron chi connectivity index (χ4n) is 5.45. The van der Waals surface area contributed by atoms with Crippen LogP contribution >= 0.6 is 0 Å². The van der Waals surface area contributed by atoms with Gasteiger partial charge in [0.2, 0.25) is 0 Å². The summed E-state index contributed by atoms with van der Waals surface area (Å²) in [4.78, 5) is 0. The van der Waals surface area contributed by atoms with Crippen LogP contribution in [0.1, 0.15) is 112 Å². The summed E-state index contributed by atoms with van der Waals surface area (Å²) in [6, 6.07) is 13.9. The van der Waals surface area contributed by atoms with Gasteiger partial charge in [-0.15, -0.1) is 0 Å². The average Bonchev–Trinajstić information content (AvgIpc) is 2.80. The van der Waals surface area contributed by atoms with E-state index in [9.17, 15) is 0 Å². The van der Waals surface area contributed by atoms with Gasteiger partial charge in [0.15, 0.2) is 0 Å². The van der Waals surface area contributed by atoms with Crippen molar-refractivity contribution in [1.82, 2.24) is 0 Å². The van der Waals surface area contributed by atoms with E-state index < -0.39 is 0 Å². The second-order valence-corrected chi connectivity index (χ2v) is 10.2. The molecule has 0 atom stereocenters. The van der Waals surface area contributed by atoms with Crippen molar-refractivity contribution in [1.29, 1.82) is 0 Å². The lowest BCUT2D eigenvalue weighted by Crippen LogP contribution is -2.14. The Balaban J connectivity index is 1.50. The van der Waals surface area contributed by atoms with Crippen molar-refractivity contribution in [3.63, 3.8) is 0 Å². The Bertz CT molecular complexity index is 813. The molecule has 0 N–H and O–H groups in total. The van der Waals surface area contributed by atoms with Crippen molar-refractivity contribution < 1.29 is 4.74 Å². The maximum atomic E-state index is 5.86. The molecule has 3 rings (SSSR count). The van der Waals surface area contributed by atoms with Gasteiger partial charge in [-0.05, 0) is 111 Å². The minimum atomic E-state index is 0.786. The van der Waals surface area contributed by atoms with Gasteiger partial charge in [-0.3, -0.25) is 0 Å². The van der Waals surface area contributed by atoms with Crippen LogP contribution in [0.4, 0.5) is 0 Å². The molecule has 0 aliphatic heterocycles. The zero-order valence-corrected chi connectivity index (χ0v) is 21.2. The second kappa shape index (κ2) is 13.1. The van der Waals surface area contributed by atoms with Gasteiger partial charge >= 0.3 is 0 Å². The van der Waals surface area contributed by atoms with Crippen molar-refractivity contribution >= 4 is 0 Å². The van der Waals surface area contributed by atoms with E-state index in [1.165, 1.54) is 80.0 Å². The Morgan fingerprint density at radius 1 is 0.781 bits per heavy atom. The molecule has 1 fully saturated rings. The highest BCUT2D eigenvalue weighted by Crippen LogP contribution is 2.39. The molecule has 1 heteroatoms. The molecule has 0 unspecified atom stereocenters. The summed E-state index contributed by atoms with van der Waals surface area (Å²) in [7, 11) is 0. The van der Waals surface area contributed by atoms with Crippen molar-refractivity contribution in [3.05, 3.63) is 64.2 Å². The molecule has 0 saturated heterocycles. The molecule has 176 valence electrons. The quantitative estimate of drug-likeness (QED) is 0.303. The molecule has 1 saturated carbocycles. The van der Waals surface area contributed by atoms with Crippen LogP contribution in [0.25, 0.3) is 0 Å². The van der Waals surface area contributed by atoms with Crippen LogP contribution in [0, 0.1) is 19.8 Å². The monoisotopic (exact) mass is 434 g/mol. The SMILES string of the molecule is CCCCCC1CCC(c2ccc(CCc3ccc(OCCCC)cc3C)cc2C)CC1. The van der Waals surface area contributed by atoms with Crippen LogP contribution in [0.15, 0.2) is 36.4 Å². The molecule has 0 heterocycles. The van der Waals surface area contributed by atoms with E-state index in [-0.39, 0.29) is 0 Å². The molecule has 1 aliphatic rings. The summed E-state index contributed by atoms with van der Waals surface area (Å²) in [5, 5.41) is 0. The number of rotatable bonds is 12. The zero-order valence-electron chi connectivity index (χ0n) is 21.2. The molecule has 0 amide bonds. The number of hydrogen-bond donors (Lipinski definition) is 0. The van der Waals surface area contributed by atoms with Crippen molar-refractivity contribution in [2.24, 2.45) is 5.92 Å². The molecule has 2 aromatic carbocycles. The Kier molecular flexibility index (Phi) is 10.2. The first-order valence-corrected chi connectivity index (χ1v) is 13.4. The van der Waals surface area contributed by atoms with Gasteiger partial charge in [-0.1, -0.05) is 70.2 Å². The number of unbranched alkanes of at least 4 members (excludes halogenated alkanes) is 3. The first-order chi connectivity index (χ1) is 15.6. The Hall–Kier alpha value is -1.76. The highest BCUT2D eigenvalue weighted by atomic mass is 16.5. The number of benzene rings is 2. The first-order valence-electron chi connectivity index (χ1n) is 13.4. The second-order valence-electron chi connectivity index (χ2n) is 10.2. The fourth-order valence-corrected chi connectivity index (χ4v) is 5.45. The summed E-state index contributed by atoms with van der Waals surface area (Å²) < 4.78 is 5.86. The standard InChI is InChI=1S/C31H46O/c1-5-7-9-10-26-11-16-29(17-12-26)31-20-14-27(22-25(31)4)13-15-28-18-19-30(23-24(28)3)32-21-8-6-2/h14,18-20,22-23,26,29H,5-13,15-17,21H2,1-4H3. The van der Waals surface area contributed by atoms with Crippen LogP contribution < -0.4 is 4.74 Å². The molecule has 1 nitrogen and oxygen atoms in total. The molecule has 0 spiro atoms. The molecule has 1 aliphatic carbocycles. The first kappa shape index (κ1) is 24.9. The minimum Gasteiger partial charge on any atom is -0.494 e.